The Bertz CT molecular complexity index is 820. The van der Waals surface area contributed by atoms with Crippen molar-refractivity contribution in [1.29, 1.82) is 0 Å². The number of carbonyl (C=O) groups is 1. The Hall–Kier alpha value is -1.88. The summed E-state index contributed by atoms with van der Waals surface area (Å²) in [7, 11) is -1.01. The van der Waals surface area contributed by atoms with Gasteiger partial charge in [-0.25, -0.2) is 8.42 Å². The molecule has 2 fully saturated rings. The summed E-state index contributed by atoms with van der Waals surface area (Å²) in [5, 5.41) is 3.21. The molecule has 10 heteroatoms. The highest BCUT2D eigenvalue weighted by Crippen LogP contribution is 2.31. The summed E-state index contributed by atoms with van der Waals surface area (Å²) in [6, 6.07) is 4.67. The normalized spacial score (nSPS) is 19.8. The summed E-state index contributed by atoms with van der Waals surface area (Å²) in [4.78, 5) is 14.4. The maximum atomic E-state index is 13.6. The molecule has 0 radical (unpaired) electrons. The molecule has 1 N–H and O–H groups in total. The number of nitrogens with one attached hydrogen (secondary N) is 1. The van der Waals surface area contributed by atoms with Crippen LogP contribution in [0.3, 0.4) is 0 Å². The molecule has 1 atom stereocenters. The van der Waals surface area contributed by atoms with Gasteiger partial charge >= 0.3 is 0 Å². The van der Waals surface area contributed by atoms with Gasteiger partial charge in [-0.15, -0.1) is 0 Å². The van der Waals surface area contributed by atoms with Crippen LogP contribution in [0.4, 0.5) is 0 Å². The minimum Gasteiger partial charge on any atom is -0.497 e. The Labute approximate surface area is 178 Å². The minimum absolute atomic E-state index is 0.0250. The number of piperazine rings is 1. The summed E-state index contributed by atoms with van der Waals surface area (Å²) < 4.78 is 44.6. The lowest BCUT2D eigenvalue weighted by atomic mass is 10.2. The van der Waals surface area contributed by atoms with Crippen LogP contribution < -0.4 is 14.8 Å². The van der Waals surface area contributed by atoms with Crippen molar-refractivity contribution in [1.82, 2.24) is 14.5 Å². The van der Waals surface area contributed by atoms with Gasteiger partial charge in [-0.3, -0.25) is 4.79 Å². The monoisotopic (exact) mass is 441 g/mol. The SMILES string of the molecule is COc1ccc(OC)c(S(=O)(=O)N(CCC(=O)N2CCNCC2)CC2CCCO2)c1. The van der Waals surface area contributed by atoms with E-state index in [4.69, 9.17) is 14.2 Å². The van der Waals surface area contributed by atoms with Crippen LogP contribution >= 0.6 is 0 Å². The summed E-state index contributed by atoms with van der Waals surface area (Å²) >= 11 is 0. The number of methoxy groups -OCH3 is 2. The number of carbonyl (C=O) groups excluding carboxylic acids is 1. The maximum absolute atomic E-state index is 13.6. The van der Waals surface area contributed by atoms with Gasteiger partial charge in [-0.05, 0) is 25.0 Å². The molecular formula is C20H31N3O6S. The quantitative estimate of drug-likeness (QED) is 0.602. The van der Waals surface area contributed by atoms with Crippen molar-refractivity contribution < 1.29 is 27.4 Å². The Morgan fingerprint density at radius 1 is 1.27 bits per heavy atom. The molecule has 30 heavy (non-hydrogen) atoms. The third kappa shape index (κ3) is 5.42. The molecular weight excluding hydrogens is 410 g/mol. The predicted molar refractivity (Wildman–Crippen MR) is 111 cm³/mol. The van der Waals surface area contributed by atoms with Crippen molar-refractivity contribution >= 4 is 15.9 Å². The average Bonchev–Trinajstić information content (AvgIpc) is 3.29. The van der Waals surface area contributed by atoms with E-state index in [-0.39, 0.29) is 42.2 Å². The Kier molecular flexibility index (Phi) is 7.93. The second-order valence-corrected chi connectivity index (χ2v) is 9.30. The Morgan fingerprint density at radius 2 is 2.03 bits per heavy atom. The Morgan fingerprint density at radius 3 is 2.67 bits per heavy atom. The van der Waals surface area contributed by atoms with E-state index in [1.54, 1.807) is 17.0 Å². The molecule has 0 bridgehead atoms. The second kappa shape index (κ2) is 10.4. The van der Waals surface area contributed by atoms with E-state index < -0.39 is 10.0 Å². The molecule has 0 aliphatic carbocycles. The summed E-state index contributed by atoms with van der Waals surface area (Å²) in [5.41, 5.74) is 0. The molecule has 0 saturated carbocycles. The smallest absolute Gasteiger partial charge is 0.246 e. The molecule has 1 amide bonds. The molecule has 168 valence electrons. The van der Waals surface area contributed by atoms with Crippen LogP contribution in [0.5, 0.6) is 11.5 Å². The topological polar surface area (TPSA) is 97.4 Å². The molecule has 9 nitrogen and oxygen atoms in total. The molecule has 0 aromatic heterocycles. The molecule has 1 aromatic rings. The summed E-state index contributed by atoms with van der Waals surface area (Å²) in [5.74, 6) is 0.617. The van der Waals surface area contributed by atoms with E-state index in [9.17, 15) is 13.2 Å². The van der Waals surface area contributed by atoms with Crippen LogP contribution in [0, 0.1) is 0 Å². The first-order valence-electron chi connectivity index (χ1n) is 10.3. The van der Waals surface area contributed by atoms with Gasteiger partial charge in [0, 0.05) is 58.4 Å². The molecule has 2 aliphatic heterocycles. The van der Waals surface area contributed by atoms with Crippen LogP contribution in [0.15, 0.2) is 23.1 Å². The number of benzene rings is 1. The van der Waals surface area contributed by atoms with E-state index in [1.807, 2.05) is 0 Å². The third-order valence-electron chi connectivity index (χ3n) is 5.46. The number of ether oxygens (including phenoxy) is 3. The third-order valence-corrected chi connectivity index (χ3v) is 7.35. The number of hydrogen-bond donors (Lipinski definition) is 1. The zero-order chi connectivity index (χ0) is 21.6. The lowest BCUT2D eigenvalue weighted by Crippen LogP contribution is -2.47. The molecule has 2 heterocycles. The fourth-order valence-electron chi connectivity index (χ4n) is 3.74. The molecule has 1 aromatic carbocycles. The number of hydrogen-bond acceptors (Lipinski definition) is 7. The van der Waals surface area contributed by atoms with E-state index in [0.717, 1.165) is 25.9 Å². The molecule has 3 rings (SSSR count). The van der Waals surface area contributed by atoms with Gasteiger partial charge in [-0.2, -0.15) is 4.31 Å². The zero-order valence-corrected chi connectivity index (χ0v) is 18.4. The number of amides is 1. The van der Waals surface area contributed by atoms with Crippen LogP contribution in [-0.4, -0.2) is 89.7 Å². The first kappa shape index (κ1) is 22.8. The summed E-state index contributed by atoms with van der Waals surface area (Å²) in [6.07, 6.45) is 1.65. The van der Waals surface area contributed by atoms with E-state index in [1.165, 1.54) is 24.6 Å². The lowest BCUT2D eigenvalue weighted by Gasteiger charge is -2.29. The predicted octanol–water partition coefficient (Wildman–Crippen LogP) is 0.695. The van der Waals surface area contributed by atoms with Gasteiger partial charge in [-0.1, -0.05) is 0 Å². The average molecular weight is 442 g/mol. The number of sulfonamides is 1. The van der Waals surface area contributed by atoms with Crippen LogP contribution in [0.2, 0.25) is 0 Å². The molecule has 1 unspecified atom stereocenters. The highest BCUT2D eigenvalue weighted by molar-refractivity contribution is 7.89. The number of nitrogens with zero attached hydrogens (tertiary/aromatic N) is 2. The first-order valence-corrected chi connectivity index (χ1v) is 11.7. The largest absolute Gasteiger partial charge is 0.497 e. The maximum Gasteiger partial charge on any atom is 0.246 e. The Balaban J connectivity index is 1.82. The van der Waals surface area contributed by atoms with Crippen LogP contribution in [0.25, 0.3) is 0 Å². The molecule has 0 spiro atoms. The molecule has 2 aliphatic rings. The van der Waals surface area contributed by atoms with Gasteiger partial charge in [0.15, 0.2) is 0 Å². The van der Waals surface area contributed by atoms with Gasteiger partial charge in [0.25, 0.3) is 0 Å². The lowest BCUT2D eigenvalue weighted by molar-refractivity contribution is -0.131. The van der Waals surface area contributed by atoms with Gasteiger partial charge in [0.05, 0.1) is 20.3 Å². The zero-order valence-electron chi connectivity index (χ0n) is 17.6. The highest BCUT2D eigenvalue weighted by Gasteiger charge is 2.32. The van der Waals surface area contributed by atoms with Crippen molar-refractivity contribution in [3.63, 3.8) is 0 Å². The van der Waals surface area contributed by atoms with Gasteiger partial charge in [0.1, 0.15) is 16.4 Å². The summed E-state index contributed by atoms with van der Waals surface area (Å²) in [6.45, 7) is 3.71. The number of rotatable bonds is 9. The van der Waals surface area contributed by atoms with Gasteiger partial charge in [0.2, 0.25) is 15.9 Å². The van der Waals surface area contributed by atoms with Crippen molar-refractivity contribution in [2.45, 2.75) is 30.3 Å². The van der Waals surface area contributed by atoms with E-state index >= 15 is 0 Å². The van der Waals surface area contributed by atoms with E-state index in [2.05, 4.69) is 5.32 Å². The fraction of sp³-hybridized carbons (Fsp3) is 0.650. The first-order chi connectivity index (χ1) is 14.5. The molecule has 2 saturated heterocycles. The van der Waals surface area contributed by atoms with Crippen LogP contribution in [-0.2, 0) is 19.6 Å². The van der Waals surface area contributed by atoms with Crippen molar-refractivity contribution in [2.24, 2.45) is 0 Å². The van der Waals surface area contributed by atoms with Crippen molar-refractivity contribution in [2.75, 3.05) is 60.1 Å². The highest BCUT2D eigenvalue weighted by atomic mass is 32.2. The second-order valence-electron chi connectivity index (χ2n) is 7.40. The van der Waals surface area contributed by atoms with Crippen molar-refractivity contribution in [3.8, 4) is 11.5 Å². The standard InChI is InChI=1S/C20H31N3O6S/c1-27-16-5-6-18(28-2)19(14-16)30(25,26)23(15-17-4-3-13-29-17)10-7-20(24)22-11-8-21-9-12-22/h5-6,14,17,21H,3-4,7-13,15H2,1-2H3. The minimum atomic E-state index is -3.93. The van der Waals surface area contributed by atoms with Crippen LogP contribution in [0.1, 0.15) is 19.3 Å². The fourth-order valence-corrected chi connectivity index (χ4v) is 5.39. The van der Waals surface area contributed by atoms with Crippen molar-refractivity contribution in [3.05, 3.63) is 18.2 Å². The van der Waals surface area contributed by atoms with E-state index in [0.29, 0.717) is 25.4 Å². The van der Waals surface area contributed by atoms with Gasteiger partial charge < -0.3 is 24.4 Å².